The summed E-state index contributed by atoms with van der Waals surface area (Å²) in [5.41, 5.74) is 8.76. The molecule has 0 unspecified atom stereocenters. The average Bonchev–Trinajstić information content (AvgIpc) is 3.40. The van der Waals surface area contributed by atoms with Crippen molar-refractivity contribution in [2.24, 2.45) is 0 Å². The Kier molecular flexibility index (Phi) is 18.5. The van der Waals surface area contributed by atoms with Crippen molar-refractivity contribution in [2.75, 3.05) is 20.3 Å². The van der Waals surface area contributed by atoms with Crippen LogP contribution in [0.4, 0.5) is 0 Å². The lowest BCUT2D eigenvalue weighted by atomic mass is 9.94. The molecule has 0 saturated carbocycles. The molecule has 5 aromatic rings. The highest BCUT2D eigenvalue weighted by Crippen LogP contribution is 2.38. The molecule has 0 amide bonds. The number of carbonyl (C=O) groups excluding carboxylic acids is 5. The number of carbonyl (C=O) groups is 5. The van der Waals surface area contributed by atoms with Crippen molar-refractivity contribution >= 4 is 29.8 Å². The van der Waals surface area contributed by atoms with Gasteiger partial charge in [-0.3, -0.25) is 4.79 Å². The summed E-state index contributed by atoms with van der Waals surface area (Å²) in [6.45, 7) is 21.1. The molecule has 416 valence electrons. The minimum atomic E-state index is -1.97. The van der Waals surface area contributed by atoms with Gasteiger partial charge < -0.3 is 57.6 Å². The molecule has 78 heavy (non-hydrogen) atoms. The van der Waals surface area contributed by atoms with Gasteiger partial charge >= 0.3 is 29.8 Å². The van der Waals surface area contributed by atoms with Gasteiger partial charge in [0.15, 0.2) is 30.7 Å². The summed E-state index contributed by atoms with van der Waals surface area (Å²) in [7, 11) is 1.49. The largest absolute Gasteiger partial charge is 0.497 e. The van der Waals surface area contributed by atoms with Crippen LogP contribution in [0, 0.1) is 83.1 Å². The Morgan fingerprint density at radius 3 is 1.22 bits per heavy atom. The highest BCUT2D eigenvalue weighted by Gasteiger charge is 2.58. The molecule has 0 radical (unpaired) electrons. The molecule has 2 saturated heterocycles. The van der Waals surface area contributed by atoms with Crippen LogP contribution < -0.4 is 9.47 Å². The van der Waals surface area contributed by atoms with E-state index in [2.05, 4.69) is 0 Å². The molecule has 5 aromatic carbocycles. The predicted molar refractivity (Wildman–Crippen MR) is 285 cm³/mol. The Bertz CT molecular complexity index is 2980. The third-order valence-corrected chi connectivity index (χ3v) is 13.9. The number of aryl methyl sites for hydroxylation is 12. The van der Waals surface area contributed by atoms with Crippen LogP contribution in [0.15, 0.2) is 72.8 Å². The number of aliphatic hydroxyl groups is 2. The van der Waals surface area contributed by atoms with Gasteiger partial charge in [-0.05, 0) is 152 Å². The first kappa shape index (κ1) is 58.5. The molecule has 10 atom stereocenters. The summed E-state index contributed by atoms with van der Waals surface area (Å²) in [6, 6.07) is 20.7. The van der Waals surface area contributed by atoms with Gasteiger partial charge in [0.2, 0.25) is 6.29 Å². The lowest BCUT2D eigenvalue weighted by molar-refractivity contribution is -0.351. The van der Waals surface area contributed by atoms with E-state index in [4.69, 9.17) is 47.4 Å². The predicted octanol–water partition coefficient (Wildman–Crippen LogP) is 8.43. The minimum Gasteiger partial charge on any atom is -0.497 e. The van der Waals surface area contributed by atoms with Crippen molar-refractivity contribution in [3.8, 4) is 11.5 Å². The summed E-state index contributed by atoms with van der Waals surface area (Å²) in [5.74, 6) is -3.64. The summed E-state index contributed by atoms with van der Waals surface area (Å²) >= 11 is 0. The van der Waals surface area contributed by atoms with Crippen LogP contribution in [0.3, 0.4) is 0 Å². The summed E-state index contributed by atoms with van der Waals surface area (Å²) in [6.07, 6.45) is -17.4. The van der Waals surface area contributed by atoms with Crippen molar-refractivity contribution in [3.63, 3.8) is 0 Å². The number of hydrogen-bond acceptors (Lipinski definition) is 17. The molecule has 0 spiro atoms. The van der Waals surface area contributed by atoms with Crippen molar-refractivity contribution in [1.29, 1.82) is 0 Å². The van der Waals surface area contributed by atoms with Crippen LogP contribution in [0.5, 0.6) is 11.5 Å². The van der Waals surface area contributed by atoms with Crippen molar-refractivity contribution in [1.82, 2.24) is 0 Å². The zero-order valence-corrected chi connectivity index (χ0v) is 46.6. The van der Waals surface area contributed by atoms with Crippen molar-refractivity contribution < 1.29 is 81.6 Å². The van der Waals surface area contributed by atoms with Gasteiger partial charge in [0.05, 0.1) is 36.0 Å². The van der Waals surface area contributed by atoms with Crippen LogP contribution in [-0.4, -0.2) is 122 Å². The normalized spacial score (nSPS) is 22.9. The number of benzene rings is 5. The Labute approximate surface area is 454 Å². The summed E-state index contributed by atoms with van der Waals surface area (Å²) < 4.78 is 62.6. The smallest absolute Gasteiger partial charge is 0.339 e. The second-order valence-electron chi connectivity index (χ2n) is 20.5. The van der Waals surface area contributed by atoms with Crippen LogP contribution >= 0.6 is 0 Å². The van der Waals surface area contributed by atoms with Gasteiger partial charge in [-0.2, -0.15) is 0 Å². The molecule has 2 fully saturated rings. The van der Waals surface area contributed by atoms with Gasteiger partial charge in [-0.15, -0.1) is 0 Å². The number of methoxy groups -OCH3 is 1. The molecule has 2 aliphatic heterocycles. The van der Waals surface area contributed by atoms with E-state index < -0.39 is 104 Å². The van der Waals surface area contributed by atoms with E-state index in [9.17, 15) is 29.4 Å². The molecule has 0 bridgehead atoms. The quantitative estimate of drug-likeness (QED) is 0.0700. The summed E-state index contributed by atoms with van der Waals surface area (Å²) in [4.78, 5) is 72.2. The van der Waals surface area contributed by atoms with E-state index in [0.29, 0.717) is 50.3 Å². The standard InChI is InChI=1S/C61H70O17/c1-29-19-33(5)46(34(6)20-29)56(65)70-28-45-51(75-57(66)47-35(7)21-30(2)22-36(47)8)53(76-58(67)48-37(9)23-31(3)24-38(48)10)55(77-59(68)49-39(11)25-32(4)26-40(49)12)61(74-45)78-52-50(64)44(27-62)73-60(54(52)71-41(13)63)72-43-17-15-42(69-14)16-18-43/h15-26,44-45,50-55,60-62,64H,27-28H2,1-14H3/t44-,45-,50+,51+,52+,53+,54-,55-,60-,61+/m1/s1. The summed E-state index contributed by atoms with van der Waals surface area (Å²) in [5, 5.41) is 22.8. The van der Waals surface area contributed by atoms with E-state index in [1.807, 2.05) is 39.8 Å². The number of hydrogen-bond donors (Lipinski definition) is 2. The number of ether oxygens (including phenoxy) is 10. The molecule has 2 heterocycles. The topological polar surface area (TPSA) is 218 Å². The van der Waals surface area contributed by atoms with E-state index in [-0.39, 0.29) is 28.0 Å². The Hall–Kier alpha value is -7.15. The van der Waals surface area contributed by atoms with E-state index >= 15 is 4.79 Å². The minimum absolute atomic E-state index is 0.145. The Morgan fingerprint density at radius 2 is 0.821 bits per heavy atom. The van der Waals surface area contributed by atoms with Crippen LogP contribution in [0.2, 0.25) is 0 Å². The maximum atomic E-state index is 15.0. The van der Waals surface area contributed by atoms with Gasteiger partial charge in [0, 0.05) is 6.92 Å². The molecule has 0 aromatic heterocycles. The van der Waals surface area contributed by atoms with Gasteiger partial charge in [-0.25, -0.2) is 19.2 Å². The molecule has 0 aliphatic carbocycles. The van der Waals surface area contributed by atoms with Crippen LogP contribution in [-0.2, 0) is 42.7 Å². The fraction of sp³-hybridized carbons (Fsp3) is 0.426. The average molecular weight is 1080 g/mol. The molecular formula is C61H70O17. The van der Waals surface area contributed by atoms with E-state index in [1.54, 1.807) is 116 Å². The monoisotopic (exact) mass is 1070 g/mol. The van der Waals surface area contributed by atoms with Crippen molar-refractivity contribution in [2.45, 2.75) is 151 Å². The fourth-order valence-electron chi connectivity index (χ4n) is 10.9. The van der Waals surface area contributed by atoms with Crippen molar-refractivity contribution in [3.05, 3.63) is 162 Å². The molecule has 2 N–H and O–H groups in total. The Morgan fingerprint density at radius 1 is 0.462 bits per heavy atom. The number of esters is 5. The fourth-order valence-corrected chi connectivity index (χ4v) is 10.9. The number of rotatable bonds is 16. The Balaban J connectivity index is 1.44. The third-order valence-electron chi connectivity index (χ3n) is 13.9. The van der Waals surface area contributed by atoms with Crippen LogP contribution in [0.25, 0.3) is 0 Å². The van der Waals surface area contributed by atoms with Gasteiger partial charge in [-0.1, -0.05) is 70.8 Å². The maximum absolute atomic E-state index is 15.0. The third kappa shape index (κ3) is 13.0. The van der Waals surface area contributed by atoms with Crippen LogP contribution in [0.1, 0.15) is 115 Å². The SMILES string of the molecule is COc1ccc(O[C@@H]2O[C@H](CO)[C@H](O)[C@H](O[C@@H]3O[C@H](COC(=O)c4c(C)cc(C)cc4C)[C@H](OC(=O)c4c(C)cc(C)cc4C)[C@H](OC(=O)c4c(C)cc(C)cc4C)[C@H]3OC(=O)c3c(C)cc(C)cc3C)[C@H]2OC(C)=O)cc1. The molecular weight excluding hydrogens is 1000 g/mol. The lowest BCUT2D eigenvalue weighted by Gasteiger charge is -2.48. The second kappa shape index (κ2) is 24.7. The molecule has 2 aliphatic rings. The highest BCUT2D eigenvalue weighted by atomic mass is 16.8. The second-order valence-corrected chi connectivity index (χ2v) is 20.5. The first-order valence-corrected chi connectivity index (χ1v) is 25.7. The van der Waals surface area contributed by atoms with Gasteiger partial charge in [0.25, 0.3) is 0 Å². The highest BCUT2D eigenvalue weighted by molar-refractivity contribution is 5.95. The lowest BCUT2D eigenvalue weighted by Crippen LogP contribution is -2.67. The molecule has 17 nitrogen and oxygen atoms in total. The zero-order chi connectivity index (χ0) is 57.0. The first-order chi connectivity index (χ1) is 36.9. The first-order valence-electron chi connectivity index (χ1n) is 25.7. The molecule has 17 heteroatoms. The van der Waals surface area contributed by atoms with Gasteiger partial charge in [0.1, 0.15) is 42.5 Å². The van der Waals surface area contributed by atoms with E-state index in [0.717, 1.165) is 29.2 Å². The zero-order valence-electron chi connectivity index (χ0n) is 46.6. The van der Waals surface area contributed by atoms with E-state index in [1.165, 1.54) is 7.11 Å². The molecule has 7 rings (SSSR count). The maximum Gasteiger partial charge on any atom is 0.339 e. The number of aliphatic hydroxyl groups excluding tert-OH is 2.